The van der Waals surface area contributed by atoms with Crippen molar-refractivity contribution in [2.45, 2.75) is 75.0 Å². The van der Waals surface area contributed by atoms with Crippen LogP contribution in [0.5, 0.6) is 0 Å². The minimum atomic E-state index is -4.28. The third kappa shape index (κ3) is 4.35. The average Bonchev–Trinajstić information content (AvgIpc) is 3.52. The maximum absolute atomic E-state index is 13.2. The van der Waals surface area contributed by atoms with E-state index in [-0.39, 0.29) is 36.1 Å². The van der Waals surface area contributed by atoms with E-state index in [9.17, 15) is 18.0 Å². The highest BCUT2D eigenvalue weighted by Gasteiger charge is 2.50. The molecule has 4 aliphatic rings. The summed E-state index contributed by atoms with van der Waals surface area (Å²) in [5, 5.41) is 8.77. The molecule has 3 aliphatic heterocycles. The van der Waals surface area contributed by atoms with Gasteiger partial charge in [-0.2, -0.15) is 13.2 Å². The van der Waals surface area contributed by atoms with Gasteiger partial charge in [0.25, 0.3) is 0 Å². The average molecular weight is 469 g/mol. The van der Waals surface area contributed by atoms with Gasteiger partial charge in [-0.1, -0.05) is 24.1 Å². The monoisotopic (exact) mass is 468 g/mol. The molecule has 1 saturated carbocycles. The first-order valence-electron chi connectivity index (χ1n) is 11.7. The normalized spacial score (nSPS) is 32.8. The van der Waals surface area contributed by atoms with Crippen molar-refractivity contribution in [2.75, 3.05) is 18.4 Å². The molecule has 2 saturated heterocycles. The SMILES string of the molecule is Cc1ccc(C2NSC(C(=O)NC3CCNC(C(F)(F)F)C3)C2C2CC2)c2c1NCCC2. The summed E-state index contributed by atoms with van der Waals surface area (Å²) in [5.41, 5.74) is 5.11. The molecule has 5 rings (SSSR count). The molecule has 0 spiro atoms. The zero-order valence-electron chi connectivity index (χ0n) is 18.2. The number of benzene rings is 1. The van der Waals surface area contributed by atoms with Crippen molar-refractivity contribution in [3.63, 3.8) is 0 Å². The topological polar surface area (TPSA) is 65.2 Å². The first-order chi connectivity index (χ1) is 15.3. The molecule has 3 fully saturated rings. The summed E-state index contributed by atoms with van der Waals surface area (Å²) in [7, 11) is 0. The van der Waals surface area contributed by atoms with Crippen LogP contribution in [-0.4, -0.2) is 42.5 Å². The molecular weight excluding hydrogens is 437 g/mol. The molecule has 9 heteroatoms. The molecule has 5 unspecified atom stereocenters. The minimum Gasteiger partial charge on any atom is -0.385 e. The number of fused-ring (bicyclic) bond motifs is 1. The van der Waals surface area contributed by atoms with Crippen molar-refractivity contribution >= 4 is 23.5 Å². The van der Waals surface area contributed by atoms with E-state index in [2.05, 4.69) is 39.7 Å². The Morgan fingerprint density at radius 3 is 2.75 bits per heavy atom. The van der Waals surface area contributed by atoms with Crippen LogP contribution in [0.3, 0.4) is 0 Å². The van der Waals surface area contributed by atoms with Gasteiger partial charge in [-0.05, 0) is 74.6 Å². The van der Waals surface area contributed by atoms with Crippen LogP contribution in [0, 0.1) is 18.8 Å². The van der Waals surface area contributed by atoms with Crippen LogP contribution in [0.25, 0.3) is 0 Å². The molecule has 3 heterocycles. The molecule has 176 valence electrons. The second kappa shape index (κ2) is 8.72. The lowest BCUT2D eigenvalue weighted by molar-refractivity contribution is -0.162. The summed E-state index contributed by atoms with van der Waals surface area (Å²) in [6.45, 7) is 3.37. The maximum Gasteiger partial charge on any atom is 0.403 e. The lowest BCUT2D eigenvalue weighted by Gasteiger charge is -2.33. The molecule has 5 nitrogen and oxygen atoms in total. The van der Waals surface area contributed by atoms with Gasteiger partial charge in [0.1, 0.15) is 11.3 Å². The lowest BCUT2D eigenvalue weighted by atomic mass is 9.82. The number of halogens is 3. The summed E-state index contributed by atoms with van der Waals surface area (Å²) in [4.78, 5) is 13.2. The molecule has 1 aromatic rings. The Hall–Kier alpha value is -1.45. The molecule has 4 N–H and O–H groups in total. The highest BCUT2D eigenvalue weighted by Crippen LogP contribution is 2.53. The fraction of sp³-hybridized carbons (Fsp3) is 0.696. The summed E-state index contributed by atoms with van der Waals surface area (Å²) < 4.78 is 43.0. The molecule has 0 aromatic heterocycles. The number of rotatable bonds is 4. The predicted octanol–water partition coefficient (Wildman–Crippen LogP) is 3.84. The van der Waals surface area contributed by atoms with Crippen molar-refractivity contribution in [3.05, 3.63) is 28.8 Å². The summed E-state index contributed by atoms with van der Waals surface area (Å²) >= 11 is 1.46. The first-order valence-corrected chi connectivity index (χ1v) is 12.6. The van der Waals surface area contributed by atoms with Crippen LogP contribution in [-0.2, 0) is 11.2 Å². The van der Waals surface area contributed by atoms with E-state index in [1.54, 1.807) is 0 Å². The van der Waals surface area contributed by atoms with E-state index in [0.29, 0.717) is 12.3 Å². The largest absolute Gasteiger partial charge is 0.403 e. The van der Waals surface area contributed by atoms with E-state index >= 15 is 0 Å². The molecule has 1 aromatic carbocycles. The van der Waals surface area contributed by atoms with Gasteiger partial charge >= 0.3 is 6.18 Å². The molecule has 0 radical (unpaired) electrons. The molecule has 1 amide bonds. The minimum absolute atomic E-state index is 0.0912. The Morgan fingerprint density at radius 2 is 2.00 bits per heavy atom. The fourth-order valence-electron chi connectivity index (χ4n) is 5.63. The number of amides is 1. The Morgan fingerprint density at radius 1 is 1.19 bits per heavy atom. The van der Waals surface area contributed by atoms with E-state index in [1.165, 1.54) is 34.3 Å². The van der Waals surface area contributed by atoms with Crippen LogP contribution in [0.1, 0.15) is 54.8 Å². The number of piperidine rings is 1. The van der Waals surface area contributed by atoms with Crippen LogP contribution < -0.4 is 20.7 Å². The van der Waals surface area contributed by atoms with Crippen LogP contribution in [0.15, 0.2) is 12.1 Å². The number of anilines is 1. The molecule has 1 aliphatic carbocycles. The Labute approximate surface area is 191 Å². The Bertz CT molecular complexity index is 876. The van der Waals surface area contributed by atoms with E-state index in [0.717, 1.165) is 32.2 Å². The lowest BCUT2D eigenvalue weighted by Crippen LogP contribution is -2.54. The fourth-order valence-corrected chi connectivity index (χ4v) is 6.91. The zero-order chi connectivity index (χ0) is 22.5. The van der Waals surface area contributed by atoms with Crippen LogP contribution >= 0.6 is 11.9 Å². The molecule has 5 atom stereocenters. The predicted molar refractivity (Wildman–Crippen MR) is 120 cm³/mol. The third-order valence-corrected chi connectivity index (χ3v) is 8.60. The number of hydrogen-bond donors (Lipinski definition) is 4. The van der Waals surface area contributed by atoms with E-state index in [4.69, 9.17) is 0 Å². The highest BCUT2D eigenvalue weighted by molar-refractivity contribution is 7.99. The molecule has 0 bridgehead atoms. The van der Waals surface area contributed by atoms with E-state index < -0.39 is 18.3 Å². The van der Waals surface area contributed by atoms with Crippen molar-refractivity contribution in [1.82, 2.24) is 15.4 Å². The number of alkyl halides is 3. The van der Waals surface area contributed by atoms with E-state index in [1.807, 2.05) is 0 Å². The van der Waals surface area contributed by atoms with Crippen LogP contribution in [0.4, 0.5) is 18.9 Å². The maximum atomic E-state index is 13.2. The molecular formula is C23H31F3N4OS. The van der Waals surface area contributed by atoms with Crippen molar-refractivity contribution < 1.29 is 18.0 Å². The molecule has 32 heavy (non-hydrogen) atoms. The van der Waals surface area contributed by atoms with Gasteiger partial charge in [-0.3, -0.25) is 9.52 Å². The number of nitrogens with one attached hydrogen (secondary N) is 4. The van der Waals surface area contributed by atoms with Crippen molar-refractivity contribution in [3.8, 4) is 0 Å². The second-order valence-electron chi connectivity index (χ2n) is 9.68. The summed E-state index contributed by atoms with van der Waals surface area (Å²) in [6, 6.07) is 2.47. The summed E-state index contributed by atoms with van der Waals surface area (Å²) in [6.07, 6.45) is 0.494. The Balaban J connectivity index is 1.33. The van der Waals surface area contributed by atoms with Crippen LogP contribution in [0.2, 0.25) is 0 Å². The van der Waals surface area contributed by atoms with Crippen molar-refractivity contribution in [1.29, 1.82) is 0 Å². The smallest absolute Gasteiger partial charge is 0.385 e. The number of aryl methyl sites for hydroxylation is 1. The Kier molecular flexibility index (Phi) is 6.09. The van der Waals surface area contributed by atoms with Gasteiger partial charge < -0.3 is 16.0 Å². The first kappa shape index (κ1) is 22.3. The van der Waals surface area contributed by atoms with Gasteiger partial charge in [0.05, 0.1) is 0 Å². The van der Waals surface area contributed by atoms with Crippen molar-refractivity contribution in [2.24, 2.45) is 11.8 Å². The van der Waals surface area contributed by atoms with Gasteiger partial charge in [0.15, 0.2) is 0 Å². The van der Waals surface area contributed by atoms with Gasteiger partial charge in [-0.15, -0.1) is 0 Å². The number of carbonyl (C=O) groups excluding carboxylic acids is 1. The number of hydrogen-bond acceptors (Lipinski definition) is 5. The van der Waals surface area contributed by atoms with Gasteiger partial charge in [0.2, 0.25) is 5.91 Å². The van der Waals surface area contributed by atoms with Gasteiger partial charge in [0, 0.05) is 30.2 Å². The zero-order valence-corrected chi connectivity index (χ0v) is 19.0. The number of carbonyl (C=O) groups is 1. The second-order valence-corrected chi connectivity index (χ2v) is 10.7. The van der Waals surface area contributed by atoms with Gasteiger partial charge in [-0.25, -0.2) is 0 Å². The summed E-state index contributed by atoms with van der Waals surface area (Å²) in [5.74, 6) is 0.533. The highest BCUT2D eigenvalue weighted by atomic mass is 32.2. The third-order valence-electron chi connectivity index (χ3n) is 7.42. The standard InChI is InChI=1S/C23H31F3N4OS/c1-12-4-7-16(15-3-2-9-28-19(12)15)20-18(13-5-6-13)21(32-30-20)22(31)29-14-8-10-27-17(11-14)23(24,25)26/h4,7,13-14,17-18,20-21,27-28,30H,2-3,5-6,8-11H2,1H3,(H,29,31). The quantitative estimate of drug-likeness (QED) is 0.506.